The van der Waals surface area contributed by atoms with Crippen molar-refractivity contribution in [1.29, 1.82) is 0 Å². The Kier molecular flexibility index (Phi) is 7.43. The first kappa shape index (κ1) is 25.4. The molecule has 1 fully saturated rings. The minimum Gasteiger partial charge on any atom is -0.493 e. The quantitative estimate of drug-likeness (QED) is 0.520. The number of rotatable bonds is 7. The summed E-state index contributed by atoms with van der Waals surface area (Å²) in [6.07, 6.45) is -4.83. The van der Waals surface area contributed by atoms with Crippen molar-refractivity contribution < 1.29 is 32.2 Å². The number of hydrogen-bond donors (Lipinski definition) is 1. The molecule has 0 bridgehead atoms. The van der Waals surface area contributed by atoms with Gasteiger partial charge in [-0.25, -0.2) is 15.0 Å². The second-order valence-corrected chi connectivity index (χ2v) is 8.27. The molecule has 1 saturated heterocycles. The Morgan fingerprint density at radius 3 is 2.75 bits per heavy atom. The third kappa shape index (κ3) is 5.93. The number of nitrogens with zero attached hydrogens (tertiary/aromatic N) is 4. The monoisotopic (exact) mass is 505 g/mol. The van der Waals surface area contributed by atoms with Crippen LogP contribution in [0.15, 0.2) is 30.3 Å². The van der Waals surface area contributed by atoms with Gasteiger partial charge in [-0.3, -0.25) is 4.79 Å². The number of carbonyl (C=O) groups excluding carboxylic acids is 1. The number of benzene rings is 1. The molecule has 0 spiro atoms. The van der Waals surface area contributed by atoms with Crippen LogP contribution in [0, 0.1) is 6.92 Å². The summed E-state index contributed by atoms with van der Waals surface area (Å²) in [7, 11) is 1.51. The second kappa shape index (κ2) is 10.5. The van der Waals surface area contributed by atoms with Crippen molar-refractivity contribution >= 4 is 22.6 Å². The van der Waals surface area contributed by atoms with E-state index in [-0.39, 0.29) is 30.9 Å². The van der Waals surface area contributed by atoms with E-state index in [1.54, 1.807) is 24.0 Å². The third-order valence-electron chi connectivity index (χ3n) is 5.64. The van der Waals surface area contributed by atoms with Crippen molar-refractivity contribution in [3.8, 4) is 11.5 Å². The molecule has 1 aromatic carbocycles. The van der Waals surface area contributed by atoms with Gasteiger partial charge in [0.15, 0.2) is 11.5 Å². The van der Waals surface area contributed by atoms with Crippen molar-refractivity contribution in [2.24, 2.45) is 0 Å². The first-order chi connectivity index (χ1) is 17.1. The number of morpholine rings is 1. The van der Waals surface area contributed by atoms with Crippen LogP contribution >= 0.6 is 0 Å². The van der Waals surface area contributed by atoms with Gasteiger partial charge in [0.25, 0.3) is 0 Å². The number of fused-ring (bicyclic) bond motifs is 1. The Morgan fingerprint density at radius 2 is 2.03 bits per heavy atom. The molecular formula is C24H26F3N5O4. The molecule has 12 heteroatoms. The molecule has 36 heavy (non-hydrogen) atoms. The minimum absolute atomic E-state index is 0.0223. The SMILES string of the molecule is COc1cc2nc(C)nc(NCc3cccc(C(F)(F)F)n3)c2cc1OC[C@@H]1CN(C(C)=O)CCO1. The smallest absolute Gasteiger partial charge is 0.433 e. The maximum Gasteiger partial charge on any atom is 0.433 e. The van der Waals surface area contributed by atoms with E-state index in [4.69, 9.17) is 14.2 Å². The van der Waals surface area contributed by atoms with Crippen molar-refractivity contribution in [1.82, 2.24) is 19.9 Å². The fraction of sp³-hybridized carbons (Fsp3) is 0.417. The number of carbonyl (C=O) groups is 1. The molecule has 192 valence electrons. The summed E-state index contributed by atoms with van der Waals surface area (Å²) >= 11 is 0. The van der Waals surface area contributed by atoms with Gasteiger partial charge in [0.2, 0.25) is 5.91 Å². The maximum absolute atomic E-state index is 13.0. The van der Waals surface area contributed by atoms with E-state index < -0.39 is 11.9 Å². The van der Waals surface area contributed by atoms with Crippen LogP contribution in [0.5, 0.6) is 11.5 Å². The number of hydrogen-bond acceptors (Lipinski definition) is 8. The average molecular weight is 505 g/mol. The van der Waals surface area contributed by atoms with Crippen LogP contribution in [0.3, 0.4) is 0 Å². The Hall–Kier alpha value is -3.67. The molecule has 3 aromatic rings. The third-order valence-corrected chi connectivity index (χ3v) is 5.64. The molecule has 0 aliphatic carbocycles. The van der Waals surface area contributed by atoms with E-state index in [0.717, 1.165) is 6.07 Å². The van der Waals surface area contributed by atoms with Crippen molar-refractivity contribution in [2.45, 2.75) is 32.7 Å². The Morgan fingerprint density at radius 1 is 1.22 bits per heavy atom. The number of alkyl halides is 3. The molecule has 3 heterocycles. The van der Waals surface area contributed by atoms with Crippen LogP contribution in [-0.2, 0) is 22.3 Å². The molecule has 0 unspecified atom stereocenters. The molecule has 4 rings (SSSR count). The van der Waals surface area contributed by atoms with Crippen LogP contribution in [0.25, 0.3) is 10.9 Å². The summed E-state index contributed by atoms with van der Waals surface area (Å²) in [6.45, 7) is 4.82. The zero-order valence-corrected chi connectivity index (χ0v) is 20.1. The van der Waals surface area contributed by atoms with Crippen LogP contribution < -0.4 is 14.8 Å². The molecule has 1 aliphatic rings. The largest absolute Gasteiger partial charge is 0.493 e. The van der Waals surface area contributed by atoms with Crippen molar-refractivity contribution in [3.63, 3.8) is 0 Å². The van der Waals surface area contributed by atoms with Gasteiger partial charge in [-0.15, -0.1) is 0 Å². The van der Waals surface area contributed by atoms with Gasteiger partial charge in [-0.1, -0.05) is 6.07 Å². The topological polar surface area (TPSA) is 98.7 Å². The van der Waals surface area contributed by atoms with Gasteiger partial charge in [-0.2, -0.15) is 13.2 Å². The number of nitrogens with one attached hydrogen (secondary N) is 1. The molecule has 1 N–H and O–H groups in total. The molecule has 9 nitrogen and oxygen atoms in total. The van der Waals surface area contributed by atoms with Crippen molar-refractivity contribution in [2.75, 3.05) is 38.7 Å². The fourth-order valence-corrected chi connectivity index (χ4v) is 3.86. The highest BCUT2D eigenvalue weighted by Crippen LogP contribution is 2.35. The van der Waals surface area contributed by atoms with E-state index in [9.17, 15) is 18.0 Å². The fourth-order valence-electron chi connectivity index (χ4n) is 3.86. The van der Waals surface area contributed by atoms with Gasteiger partial charge in [-0.05, 0) is 25.1 Å². The summed E-state index contributed by atoms with van der Waals surface area (Å²) in [6, 6.07) is 7.16. The predicted octanol–water partition coefficient (Wildman–Crippen LogP) is 3.60. The normalized spacial score (nSPS) is 16.2. The van der Waals surface area contributed by atoms with Gasteiger partial charge in [0.05, 0.1) is 38.0 Å². The lowest BCUT2D eigenvalue weighted by Gasteiger charge is -2.32. The highest BCUT2D eigenvalue weighted by atomic mass is 19.4. The number of aryl methyl sites for hydroxylation is 1. The second-order valence-electron chi connectivity index (χ2n) is 8.27. The van der Waals surface area contributed by atoms with Gasteiger partial charge in [0, 0.05) is 24.9 Å². The van der Waals surface area contributed by atoms with E-state index >= 15 is 0 Å². The standard InChI is InChI=1S/C24H26F3N5O4/c1-14-29-19-10-20(34-3)21(36-13-17-12-32(15(2)33)7-8-35-17)9-18(19)23(30-14)28-11-16-5-4-6-22(31-16)24(25,26)27/h4-6,9-10,17H,7-8,11-13H2,1-3H3,(H,28,29,30)/t17-/m0/s1. The number of halogens is 3. The van der Waals surface area contributed by atoms with Gasteiger partial charge in [0.1, 0.15) is 30.0 Å². The highest BCUT2D eigenvalue weighted by molar-refractivity contribution is 5.91. The first-order valence-corrected chi connectivity index (χ1v) is 11.3. The van der Waals surface area contributed by atoms with Crippen LogP contribution in [-0.4, -0.2) is 65.3 Å². The molecule has 1 atom stereocenters. The Labute approximate surface area is 205 Å². The lowest BCUT2D eigenvalue weighted by molar-refractivity contribution is -0.141. The summed E-state index contributed by atoms with van der Waals surface area (Å²) in [5.41, 5.74) is -0.175. The summed E-state index contributed by atoms with van der Waals surface area (Å²) in [5, 5.41) is 3.66. The number of anilines is 1. The van der Waals surface area contributed by atoms with E-state index in [0.29, 0.717) is 53.7 Å². The zero-order valence-electron chi connectivity index (χ0n) is 20.1. The molecule has 0 saturated carbocycles. The van der Waals surface area contributed by atoms with Gasteiger partial charge < -0.3 is 24.4 Å². The number of amides is 1. The molecule has 0 radical (unpaired) electrons. The minimum atomic E-state index is -4.53. The Balaban J connectivity index is 1.57. The lowest BCUT2D eigenvalue weighted by Crippen LogP contribution is -2.46. The molecule has 2 aromatic heterocycles. The number of methoxy groups -OCH3 is 1. The first-order valence-electron chi connectivity index (χ1n) is 11.3. The zero-order chi connectivity index (χ0) is 25.9. The Bertz CT molecular complexity index is 1250. The van der Waals surface area contributed by atoms with Gasteiger partial charge >= 0.3 is 6.18 Å². The number of aromatic nitrogens is 3. The maximum atomic E-state index is 13.0. The van der Waals surface area contributed by atoms with E-state index in [1.807, 2.05) is 0 Å². The molecule has 1 amide bonds. The van der Waals surface area contributed by atoms with Crippen LogP contribution in [0.4, 0.5) is 19.0 Å². The summed E-state index contributed by atoms with van der Waals surface area (Å²) in [5.74, 6) is 1.73. The average Bonchev–Trinajstić information content (AvgIpc) is 2.85. The van der Waals surface area contributed by atoms with E-state index in [1.165, 1.54) is 26.2 Å². The highest BCUT2D eigenvalue weighted by Gasteiger charge is 2.32. The van der Waals surface area contributed by atoms with Crippen molar-refractivity contribution in [3.05, 3.63) is 47.5 Å². The molecular weight excluding hydrogens is 479 g/mol. The molecule has 1 aliphatic heterocycles. The summed E-state index contributed by atoms with van der Waals surface area (Å²) < 4.78 is 56.2. The predicted molar refractivity (Wildman–Crippen MR) is 125 cm³/mol. The van der Waals surface area contributed by atoms with Crippen LogP contribution in [0.2, 0.25) is 0 Å². The number of pyridine rings is 1. The summed E-state index contributed by atoms with van der Waals surface area (Å²) in [4.78, 5) is 26.0. The van der Waals surface area contributed by atoms with Crippen LogP contribution in [0.1, 0.15) is 24.1 Å². The number of ether oxygens (including phenoxy) is 3. The van der Waals surface area contributed by atoms with E-state index in [2.05, 4.69) is 20.3 Å². The lowest BCUT2D eigenvalue weighted by atomic mass is 10.2.